The van der Waals surface area contributed by atoms with Crippen molar-refractivity contribution in [1.82, 2.24) is 0 Å². The zero-order valence-corrected chi connectivity index (χ0v) is 5.41. The molecule has 0 spiro atoms. The number of rotatable bonds is 2. The van der Waals surface area contributed by atoms with E-state index in [2.05, 4.69) is 21.7 Å². The normalized spacial score (nSPS) is 12.3. The molecule has 0 fully saturated rings. The standard InChI is InChI=1S/C5H10N4/c1-3-8-5(6)9-4-7-2/h4H,2-3H2,1H3,(H2,6,8). The van der Waals surface area contributed by atoms with Gasteiger partial charge in [0.05, 0.1) is 0 Å². The molecule has 0 aromatic heterocycles. The monoisotopic (exact) mass is 126 g/mol. The van der Waals surface area contributed by atoms with Gasteiger partial charge in [0.25, 0.3) is 0 Å². The highest BCUT2D eigenvalue weighted by molar-refractivity contribution is 5.86. The molecular formula is C5H10N4. The molecule has 0 aliphatic rings. The fourth-order valence-electron chi connectivity index (χ4n) is 0.303. The molecule has 0 aliphatic heterocycles. The first-order chi connectivity index (χ1) is 4.31. The lowest BCUT2D eigenvalue weighted by atomic mass is 10.8. The van der Waals surface area contributed by atoms with Gasteiger partial charge in [-0.15, -0.1) is 0 Å². The van der Waals surface area contributed by atoms with E-state index in [1.807, 2.05) is 6.92 Å². The van der Waals surface area contributed by atoms with Gasteiger partial charge in [0, 0.05) is 6.54 Å². The van der Waals surface area contributed by atoms with E-state index >= 15 is 0 Å². The summed E-state index contributed by atoms with van der Waals surface area (Å²) in [6.07, 6.45) is 1.26. The molecule has 0 unspecified atom stereocenters. The Balaban J connectivity index is 3.74. The Morgan fingerprint density at radius 3 is 2.89 bits per heavy atom. The molecule has 0 amide bonds. The highest BCUT2D eigenvalue weighted by atomic mass is 15.0. The van der Waals surface area contributed by atoms with Gasteiger partial charge >= 0.3 is 0 Å². The minimum absolute atomic E-state index is 0.241. The molecule has 0 saturated carbocycles. The van der Waals surface area contributed by atoms with Crippen LogP contribution in [0.15, 0.2) is 15.0 Å². The van der Waals surface area contributed by atoms with Crippen LogP contribution in [0.2, 0.25) is 0 Å². The number of nitrogens with two attached hydrogens (primary N) is 1. The molecule has 9 heavy (non-hydrogen) atoms. The molecule has 0 aromatic carbocycles. The SMILES string of the molecule is C=NC=NC(N)=NCC. The summed E-state index contributed by atoms with van der Waals surface area (Å²) in [4.78, 5) is 10.7. The van der Waals surface area contributed by atoms with Gasteiger partial charge in [0.2, 0.25) is 5.96 Å². The van der Waals surface area contributed by atoms with E-state index < -0.39 is 0 Å². The summed E-state index contributed by atoms with van der Waals surface area (Å²) >= 11 is 0. The third-order valence-corrected chi connectivity index (χ3v) is 0.592. The van der Waals surface area contributed by atoms with Gasteiger partial charge in [0.1, 0.15) is 6.34 Å². The van der Waals surface area contributed by atoms with Gasteiger partial charge < -0.3 is 5.73 Å². The summed E-state index contributed by atoms with van der Waals surface area (Å²) in [5, 5.41) is 0. The molecule has 2 N–H and O–H groups in total. The average molecular weight is 126 g/mol. The van der Waals surface area contributed by atoms with E-state index in [-0.39, 0.29) is 5.96 Å². The molecule has 4 heteroatoms. The van der Waals surface area contributed by atoms with Crippen molar-refractivity contribution in [3.8, 4) is 0 Å². The molecule has 0 radical (unpaired) electrons. The van der Waals surface area contributed by atoms with Crippen molar-refractivity contribution < 1.29 is 0 Å². The topological polar surface area (TPSA) is 63.1 Å². The van der Waals surface area contributed by atoms with Gasteiger partial charge in [-0.1, -0.05) is 0 Å². The minimum atomic E-state index is 0.241. The third kappa shape index (κ3) is 4.67. The van der Waals surface area contributed by atoms with Crippen LogP contribution in [0.5, 0.6) is 0 Å². The molecule has 0 aromatic rings. The molecule has 0 atom stereocenters. The smallest absolute Gasteiger partial charge is 0.216 e. The van der Waals surface area contributed by atoms with Crippen molar-refractivity contribution in [3.63, 3.8) is 0 Å². The lowest BCUT2D eigenvalue weighted by Gasteiger charge is -1.85. The number of hydrogen-bond acceptors (Lipinski definition) is 1. The van der Waals surface area contributed by atoms with Crippen molar-refractivity contribution in [3.05, 3.63) is 0 Å². The summed E-state index contributed by atoms with van der Waals surface area (Å²) in [6, 6.07) is 0. The maximum atomic E-state index is 5.23. The van der Waals surface area contributed by atoms with Crippen LogP contribution < -0.4 is 5.73 Å². The van der Waals surface area contributed by atoms with Crippen LogP contribution in [0.4, 0.5) is 0 Å². The van der Waals surface area contributed by atoms with Gasteiger partial charge in [-0.3, -0.25) is 9.98 Å². The first-order valence-electron chi connectivity index (χ1n) is 2.59. The van der Waals surface area contributed by atoms with Crippen LogP contribution in [0.1, 0.15) is 6.92 Å². The lowest BCUT2D eigenvalue weighted by molar-refractivity contribution is 1.11. The second kappa shape index (κ2) is 4.96. The van der Waals surface area contributed by atoms with Gasteiger partial charge in [-0.05, 0) is 13.6 Å². The van der Waals surface area contributed by atoms with E-state index in [0.29, 0.717) is 6.54 Å². The second-order valence-electron chi connectivity index (χ2n) is 1.26. The third-order valence-electron chi connectivity index (χ3n) is 0.592. The summed E-state index contributed by atoms with van der Waals surface area (Å²) in [5.41, 5.74) is 5.23. The summed E-state index contributed by atoms with van der Waals surface area (Å²) in [5.74, 6) is 0.241. The van der Waals surface area contributed by atoms with Crippen molar-refractivity contribution in [2.75, 3.05) is 6.54 Å². The molecule has 0 bridgehead atoms. The zero-order valence-electron chi connectivity index (χ0n) is 5.41. The Bertz CT molecular complexity index is 136. The first-order valence-corrected chi connectivity index (χ1v) is 2.59. The van der Waals surface area contributed by atoms with Crippen LogP contribution >= 0.6 is 0 Å². The Labute approximate surface area is 54.2 Å². The van der Waals surface area contributed by atoms with Crippen LogP contribution in [0.3, 0.4) is 0 Å². The fraction of sp³-hybridized carbons (Fsp3) is 0.400. The summed E-state index contributed by atoms with van der Waals surface area (Å²) in [6.45, 7) is 5.70. The van der Waals surface area contributed by atoms with Crippen LogP contribution in [0.25, 0.3) is 0 Å². The lowest BCUT2D eigenvalue weighted by Crippen LogP contribution is -2.08. The van der Waals surface area contributed by atoms with E-state index in [1.54, 1.807) is 0 Å². The predicted molar refractivity (Wildman–Crippen MR) is 40.2 cm³/mol. The zero-order chi connectivity index (χ0) is 7.11. The average Bonchev–Trinajstić information content (AvgIpc) is 1.85. The van der Waals surface area contributed by atoms with Gasteiger partial charge in [-0.2, -0.15) is 0 Å². The minimum Gasteiger partial charge on any atom is -0.368 e. The summed E-state index contributed by atoms with van der Waals surface area (Å²) < 4.78 is 0. The Morgan fingerprint density at radius 1 is 1.78 bits per heavy atom. The van der Waals surface area contributed by atoms with Crippen LogP contribution in [-0.4, -0.2) is 25.6 Å². The van der Waals surface area contributed by atoms with E-state index in [0.717, 1.165) is 0 Å². The van der Waals surface area contributed by atoms with Crippen molar-refractivity contribution in [2.45, 2.75) is 6.92 Å². The van der Waals surface area contributed by atoms with E-state index in [1.165, 1.54) is 6.34 Å². The largest absolute Gasteiger partial charge is 0.368 e. The van der Waals surface area contributed by atoms with Gasteiger partial charge in [-0.25, -0.2) is 4.99 Å². The maximum absolute atomic E-state index is 5.23. The van der Waals surface area contributed by atoms with E-state index in [9.17, 15) is 0 Å². The van der Waals surface area contributed by atoms with Crippen molar-refractivity contribution in [2.24, 2.45) is 20.7 Å². The second-order valence-corrected chi connectivity index (χ2v) is 1.26. The molecule has 0 heterocycles. The Morgan fingerprint density at radius 2 is 2.44 bits per heavy atom. The summed E-state index contributed by atoms with van der Waals surface area (Å²) in [7, 11) is 0. The molecule has 4 nitrogen and oxygen atoms in total. The van der Waals surface area contributed by atoms with E-state index in [4.69, 9.17) is 5.73 Å². The molecule has 0 rings (SSSR count). The molecular weight excluding hydrogens is 116 g/mol. The fourth-order valence-corrected chi connectivity index (χ4v) is 0.303. The predicted octanol–water partition coefficient (Wildman–Crippen LogP) is 0.0499. The van der Waals surface area contributed by atoms with Crippen molar-refractivity contribution >= 4 is 19.0 Å². The number of hydrogen-bond donors (Lipinski definition) is 1. The molecule has 0 saturated heterocycles. The van der Waals surface area contributed by atoms with Crippen LogP contribution in [0, 0.1) is 0 Å². The van der Waals surface area contributed by atoms with Gasteiger partial charge in [0.15, 0.2) is 0 Å². The molecule has 0 aliphatic carbocycles. The number of aliphatic imine (C=N–C) groups is 3. The Hall–Kier alpha value is -1.19. The maximum Gasteiger partial charge on any atom is 0.216 e. The first kappa shape index (κ1) is 7.81. The number of guanidine groups is 1. The highest BCUT2D eigenvalue weighted by Gasteiger charge is 1.78. The highest BCUT2D eigenvalue weighted by Crippen LogP contribution is 1.70. The quantitative estimate of drug-likeness (QED) is 0.412. The van der Waals surface area contributed by atoms with Crippen LogP contribution in [-0.2, 0) is 0 Å². The number of nitrogens with zero attached hydrogens (tertiary/aromatic N) is 3. The Kier molecular flexibility index (Phi) is 4.30. The van der Waals surface area contributed by atoms with Crippen molar-refractivity contribution in [1.29, 1.82) is 0 Å². The molecule has 50 valence electrons.